The van der Waals surface area contributed by atoms with E-state index in [1.807, 2.05) is 0 Å². The van der Waals surface area contributed by atoms with Gasteiger partial charge in [0.05, 0.1) is 12.2 Å². The summed E-state index contributed by atoms with van der Waals surface area (Å²) in [5, 5.41) is -7.03. The van der Waals surface area contributed by atoms with E-state index >= 15 is 0 Å². The van der Waals surface area contributed by atoms with Crippen molar-refractivity contribution in [3.05, 3.63) is 35.6 Å². The summed E-state index contributed by atoms with van der Waals surface area (Å²) in [6.07, 6.45) is -2.10. The number of esters is 1. The van der Waals surface area contributed by atoms with Crippen LogP contribution >= 0.6 is 0 Å². The fourth-order valence-corrected chi connectivity index (χ4v) is 4.45. The molecule has 0 aromatic heterocycles. The van der Waals surface area contributed by atoms with Crippen LogP contribution in [0.4, 0.5) is 22.0 Å². The van der Waals surface area contributed by atoms with E-state index in [9.17, 15) is 35.2 Å². The lowest BCUT2D eigenvalue weighted by atomic mass is 10.1. The summed E-state index contributed by atoms with van der Waals surface area (Å²) >= 11 is 0. The fourth-order valence-electron chi connectivity index (χ4n) is 2.81. The van der Waals surface area contributed by atoms with Gasteiger partial charge in [0.2, 0.25) is 9.84 Å². The molecule has 11 heteroatoms. The van der Waals surface area contributed by atoms with Crippen LogP contribution in [0.15, 0.2) is 24.3 Å². The first-order chi connectivity index (χ1) is 13.8. The Kier molecular flexibility index (Phi) is 9.22. The van der Waals surface area contributed by atoms with Gasteiger partial charge >= 0.3 is 17.1 Å². The topological polar surface area (TPSA) is 63.7 Å². The molecule has 0 bridgehead atoms. The minimum absolute atomic E-state index is 0.0802. The van der Waals surface area contributed by atoms with Crippen molar-refractivity contribution in [2.24, 2.45) is 0 Å². The molecule has 30 heavy (non-hydrogen) atoms. The molecule has 0 fully saturated rings. The number of ether oxygens (including phenoxy) is 1. The zero-order valence-electron chi connectivity index (χ0n) is 17.0. The molecule has 0 aliphatic rings. The van der Waals surface area contributed by atoms with E-state index in [0.29, 0.717) is 0 Å². The number of unbranched alkanes of at least 4 members (excludes halogenated alkanes) is 1. The minimum atomic E-state index is -5.49. The van der Waals surface area contributed by atoms with Crippen LogP contribution in [0.25, 0.3) is 0 Å². The molecule has 1 atom stereocenters. The first-order valence-corrected chi connectivity index (χ1v) is 11.0. The van der Waals surface area contributed by atoms with Gasteiger partial charge in [0.1, 0.15) is 11.2 Å². The highest BCUT2D eigenvalue weighted by atomic mass is 32.2. The summed E-state index contributed by atoms with van der Waals surface area (Å²) in [6.45, 7) is 3.89. The lowest BCUT2D eigenvalue weighted by Crippen LogP contribution is -2.54. The average Bonchev–Trinajstić information content (AvgIpc) is 2.67. The molecule has 0 amide bonds. The van der Waals surface area contributed by atoms with Gasteiger partial charge in [0, 0.05) is 6.42 Å². The molecule has 5 nitrogen and oxygen atoms in total. The molecule has 0 saturated carbocycles. The van der Waals surface area contributed by atoms with Gasteiger partial charge in [0.15, 0.2) is 0 Å². The first kappa shape index (κ1) is 26.3. The Balaban J connectivity index is 2.66. The molecule has 0 N–H and O–H groups in total. The van der Waals surface area contributed by atoms with E-state index in [0.717, 1.165) is 24.0 Å². The van der Waals surface area contributed by atoms with E-state index < -0.39 is 51.0 Å². The van der Waals surface area contributed by atoms with Gasteiger partial charge in [-0.2, -0.15) is 17.6 Å². The summed E-state index contributed by atoms with van der Waals surface area (Å²) in [5.41, 5.74) is -0.0802. The second-order valence-corrected chi connectivity index (χ2v) is 8.98. The van der Waals surface area contributed by atoms with E-state index in [1.165, 1.54) is 26.0 Å². The number of hydrogen-bond acceptors (Lipinski definition) is 5. The summed E-state index contributed by atoms with van der Waals surface area (Å²) in [6, 6.07) is 4.63. The lowest BCUT2D eigenvalue weighted by molar-refractivity contribution is -0.162. The first-order valence-electron chi connectivity index (χ1n) is 9.47. The minimum Gasteiger partial charge on any atom is -0.462 e. The van der Waals surface area contributed by atoms with E-state index in [-0.39, 0.29) is 31.7 Å². The molecule has 0 aliphatic heterocycles. The molecule has 0 saturated heterocycles. The maximum Gasteiger partial charge on any atom is 0.408 e. The Morgan fingerprint density at radius 1 is 1.13 bits per heavy atom. The number of hydrogen-bond donors (Lipinski definition) is 0. The van der Waals surface area contributed by atoms with Crippen LogP contribution in [-0.2, 0) is 14.6 Å². The average molecular weight is 459 g/mol. The molecule has 0 spiro atoms. The molecule has 1 rings (SSSR count). The zero-order valence-corrected chi connectivity index (χ0v) is 17.8. The highest BCUT2D eigenvalue weighted by molar-refractivity contribution is 7.93. The largest absolute Gasteiger partial charge is 0.462 e. The number of carbonyl (C=O) groups is 1. The summed E-state index contributed by atoms with van der Waals surface area (Å²) in [7, 11) is -5.49. The number of nitrogens with zero attached hydrogens (tertiary/aromatic N) is 1. The molecule has 1 unspecified atom stereocenters. The normalized spacial score (nSPS) is 14.0. The van der Waals surface area contributed by atoms with Crippen LogP contribution in [0.2, 0.25) is 0 Å². The van der Waals surface area contributed by atoms with E-state index in [2.05, 4.69) is 0 Å². The highest BCUT2D eigenvalue weighted by Gasteiger charge is 2.66. The van der Waals surface area contributed by atoms with Crippen molar-refractivity contribution in [3.8, 4) is 0 Å². The van der Waals surface area contributed by atoms with Gasteiger partial charge in [-0.15, -0.1) is 0 Å². The number of benzene rings is 1. The Bertz CT molecular complexity index is 813. The van der Waals surface area contributed by atoms with Gasteiger partial charge in [0.25, 0.3) is 0 Å². The van der Waals surface area contributed by atoms with Crippen molar-refractivity contribution in [2.75, 3.05) is 19.7 Å². The number of carbonyl (C=O) groups excluding carboxylic acids is 1. The molecule has 0 heterocycles. The van der Waals surface area contributed by atoms with Gasteiger partial charge < -0.3 is 4.74 Å². The maximum atomic E-state index is 14.3. The predicted octanol–water partition coefficient (Wildman–Crippen LogP) is 4.48. The van der Waals surface area contributed by atoms with Crippen molar-refractivity contribution in [2.45, 2.75) is 56.6 Å². The zero-order chi connectivity index (χ0) is 23.2. The van der Waals surface area contributed by atoms with Crippen molar-refractivity contribution in [1.82, 2.24) is 4.90 Å². The lowest BCUT2D eigenvalue weighted by Gasteiger charge is -2.33. The van der Waals surface area contributed by atoms with Crippen LogP contribution < -0.4 is 0 Å². The van der Waals surface area contributed by atoms with E-state index in [4.69, 9.17) is 4.74 Å². The SMILES string of the molecule is CCN(CC)C(C)S(=O)(=O)C(F)(F)C(F)(F)CCCCOC(=O)c1cccc(F)c1. The third-order valence-electron chi connectivity index (χ3n) is 4.74. The van der Waals surface area contributed by atoms with Gasteiger partial charge in [-0.3, -0.25) is 4.90 Å². The van der Waals surface area contributed by atoms with Crippen molar-refractivity contribution >= 4 is 15.8 Å². The summed E-state index contributed by atoms with van der Waals surface area (Å²) < 4.78 is 98.9. The summed E-state index contributed by atoms with van der Waals surface area (Å²) in [5.74, 6) is -6.34. The second-order valence-electron chi connectivity index (χ2n) is 6.69. The Morgan fingerprint density at radius 2 is 1.73 bits per heavy atom. The number of alkyl halides is 4. The molecule has 172 valence electrons. The van der Waals surface area contributed by atoms with Crippen molar-refractivity contribution < 1.29 is 39.9 Å². The number of sulfone groups is 1. The number of halogens is 5. The molecule has 1 aromatic rings. The predicted molar refractivity (Wildman–Crippen MR) is 102 cm³/mol. The Labute approximate surface area is 173 Å². The van der Waals surface area contributed by atoms with Gasteiger partial charge in [-0.25, -0.2) is 17.6 Å². The van der Waals surface area contributed by atoms with Gasteiger partial charge in [-0.05, 0) is 51.1 Å². The molecule has 0 radical (unpaired) electrons. The smallest absolute Gasteiger partial charge is 0.408 e. The standard InChI is InChI=1S/C19H26F5NO4S/c1-4-25(5-2)14(3)30(27,28)19(23,24)18(21,22)11-6-7-12-29-17(26)15-9-8-10-16(20)13-15/h8-10,13-14H,4-7,11-12H2,1-3H3. The van der Waals surface area contributed by atoms with Gasteiger partial charge in [-0.1, -0.05) is 19.9 Å². The fraction of sp³-hybridized carbons (Fsp3) is 0.632. The monoisotopic (exact) mass is 459 g/mol. The van der Waals surface area contributed by atoms with Crippen molar-refractivity contribution in [1.29, 1.82) is 0 Å². The quantitative estimate of drug-likeness (QED) is 0.262. The Hall–Kier alpha value is -1.75. The Morgan fingerprint density at radius 3 is 2.27 bits per heavy atom. The van der Waals surface area contributed by atoms with Crippen LogP contribution in [0.3, 0.4) is 0 Å². The van der Waals surface area contributed by atoms with Crippen LogP contribution in [0.5, 0.6) is 0 Å². The van der Waals surface area contributed by atoms with Crippen LogP contribution in [0.1, 0.15) is 50.4 Å². The summed E-state index contributed by atoms with van der Waals surface area (Å²) in [4.78, 5) is 12.8. The second kappa shape index (κ2) is 10.5. The molecular weight excluding hydrogens is 433 g/mol. The maximum absolute atomic E-state index is 14.3. The van der Waals surface area contributed by atoms with Crippen LogP contribution in [0, 0.1) is 5.82 Å². The third-order valence-corrected chi connectivity index (χ3v) is 6.95. The molecule has 0 aliphatic carbocycles. The molecule has 1 aromatic carbocycles. The van der Waals surface area contributed by atoms with E-state index in [1.54, 1.807) is 0 Å². The van der Waals surface area contributed by atoms with Crippen molar-refractivity contribution in [3.63, 3.8) is 0 Å². The highest BCUT2D eigenvalue weighted by Crippen LogP contribution is 2.44. The molecular formula is C19H26F5NO4S. The third kappa shape index (κ3) is 5.90. The van der Waals surface area contributed by atoms with Crippen LogP contribution in [-0.4, -0.2) is 55.5 Å². The number of rotatable bonds is 12.